The number of aromatic nitrogens is 2. The Morgan fingerprint density at radius 1 is 1.31 bits per heavy atom. The molecule has 3 rings (SSSR count). The minimum Gasteiger partial charge on any atom is -0.344 e. The second-order valence-corrected chi connectivity index (χ2v) is 6.22. The molecule has 1 aliphatic rings. The van der Waals surface area contributed by atoms with Crippen LogP contribution in [0.25, 0.3) is 0 Å². The zero-order valence-electron chi connectivity index (χ0n) is 13.7. The van der Waals surface area contributed by atoms with Crippen molar-refractivity contribution in [1.29, 1.82) is 0 Å². The molecule has 9 heteroatoms. The zero-order valence-corrected chi connectivity index (χ0v) is 13.7. The molecule has 1 aromatic carbocycles. The standard InChI is InChI=1S/C17H15F4N3O2/c1-8(11-5-4-10(6-12(11)18)17(19,20)21)22-16(26)13-7-14(25)24-15(23-13)9-2-3-9/h4-9H,2-3H2,1H3,(H,22,26)(H,23,24,25)/t8-/m1/s1. The van der Waals surface area contributed by atoms with E-state index in [9.17, 15) is 27.2 Å². The molecule has 0 unspecified atom stereocenters. The predicted molar refractivity (Wildman–Crippen MR) is 84.1 cm³/mol. The summed E-state index contributed by atoms with van der Waals surface area (Å²) in [5.41, 5.74) is -1.79. The lowest BCUT2D eigenvalue weighted by Crippen LogP contribution is -2.30. The van der Waals surface area contributed by atoms with Crippen LogP contribution in [0.2, 0.25) is 0 Å². The van der Waals surface area contributed by atoms with Gasteiger partial charge in [-0.3, -0.25) is 9.59 Å². The molecule has 0 spiro atoms. The summed E-state index contributed by atoms with van der Waals surface area (Å²) in [5.74, 6) is -1.23. The van der Waals surface area contributed by atoms with Gasteiger partial charge in [0.15, 0.2) is 0 Å². The fourth-order valence-electron chi connectivity index (χ4n) is 2.55. The molecular formula is C17H15F4N3O2. The SMILES string of the molecule is C[C@@H](NC(=O)c1cc(=O)[nH]c(C2CC2)n1)c1ccc(C(F)(F)F)cc1F. The molecule has 2 N–H and O–H groups in total. The molecule has 1 saturated carbocycles. The molecule has 2 aromatic rings. The molecular weight excluding hydrogens is 354 g/mol. The minimum absolute atomic E-state index is 0.0985. The summed E-state index contributed by atoms with van der Waals surface area (Å²) in [4.78, 5) is 30.6. The van der Waals surface area contributed by atoms with Crippen LogP contribution in [0.15, 0.2) is 29.1 Å². The minimum atomic E-state index is -4.65. The molecule has 1 aliphatic carbocycles. The van der Waals surface area contributed by atoms with Crippen molar-refractivity contribution >= 4 is 5.91 Å². The summed E-state index contributed by atoms with van der Waals surface area (Å²) in [5, 5.41) is 2.45. The maximum Gasteiger partial charge on any atom is 0.416 e. The number of nitrogens with one attached hydrogen (secondary N) is 2. The van der Waals surface area contributed by atoms with Gasteiger partial charge in [0.25, 0.3) is 11.5 Å². The number of amides is 1. The van der Waals surface area contributed by atoms with Crippen LogP contribution in [-0.4, -0.2) is 15.9 Å². The summed E-state index contributed by atoms with van der Waals surface area (Å²) >= 11 is 0. The van der Waals surface area contributed by atoms with Crippen molar-refractivity contribution < 1.29 is 22.4 Å². The zero-order chi connectivity index (χ0) is 19.1. The van der Waals surface area contributed by atoms with Crippen molar-refractivity contribution in [1.82, 2.24) is 15.3 Å². The highest BCUT2D eigenvalue weighted by Crippen LogP contribution is 2.37. The average Bonchev–Trinajstić information content (AvgIpc) is 3.38. The predicted octanol–water partition coefficient (Wildman–Crippen LogP) is 3.30. The van der Waals surface area contributed by atoms with Crippen LogP contribution in [0.1, 0.15) is 59.2 Å². The van der Waals surface area contributed by atoms with Crippen molar-refractivity contribution in [2.75, 3.05) is 0 Å². The first-order chi connectivity index (χ1) is 12.1. The van der Waals surface area contributed by atoms with Gasteiger partial charge in [0.1, 0.15) is 17.3 Å². The van der Waals surface area contributed by atoms with Gasteiger partial charge in [-0.1, -0.05) is 6.07 Å². The quantitative estimate of drug-likeness (QED) is 0.812. The Balaban J connectivity index is 1.78. The van der Waals surface area contributed by atoms with Crippen molar-refractivity contribution in [2.24, 2.45) is 0 Å². The van der Waals surface area contributed by atoms with Crippen LogP contribution in [0, 0.1) is 5.82 Å². The normalized spacial score (nSPS) is 15.6. The smallest absolute Gasteiger partial charge is 0.344 e. The van der Waals surface area contributed by atoms with E-state index < -0.39 is 35.1 Å². The van der Waals surface area contributed by atoms with E-state index in [4.69, 9.17) is 0 Å². The third kappa shape index (κ3) is 3.92. The molecule has 0 saturated heterocycles. The molecule has 138 valence electrons. The molecule has 1 atom stereocenters. The molecule has 26 heavy (non-hydrogen) atoms. The van der Waals surface area contributed by atoms with Crippen LogP contribution < -0.4 is 10.9 Å². The monoisotopic (exact) mass is 369 g/mol. The highest BCUT2D eigenvalue weighted by Gasteiger charge is 2.32. The van der Waals surface area contributed by atoms with Gasteiger partial charge in [-0.25, -0.2) is 9.37 Å². The van der Waals surface area contributed by atoms with E-state index >= 15 is 0 Å². The maximum absolute atomic E-state index is 14.0. The summed E-state index contributed by atoms with van der Waals surface area (Å²) in [6.45, 7) is 1.43. The lowest BCUT2D eigenvalue weighted by Gasteiger charge is -2.16. The number of H-pyrrole nitrogens is 1. The number of carbonyl (C=O) groups is 1. The van der Waals surface area contributed by atoms with Gasteiger partial charge in [-0.15, -0.1) is 0 Å². The lowest BCUT2D eigenvalue weighted by molar-refractivity contribution is -0.137. The Morgan fingerprint density at radius 2 is 2.00 bits per heavy atom. The summed E-state index contributed by atoms with van der Waals surface area (Å²) in [7, 11) is 0. The highest BCUT2D eigenvalue weighted by molar-refractivity contribution is 5.92. The second-order valence-electron chi connectivity index (χ2n) is 6.22. The Hall–Kier alpha value is -2.71. The number of benzene rings is 1. The molecule has 1 fully saturated rings. The molecule has 0 aliphatic heterocycles. The number of halogens is 4. The first-order valence-corrected chi connectivity index (χ1v) is 7.94. The van der Waals surface area contributed by atoms with E-state index in [-0.39, 0.29) is 17.2 Å². The molecule has 0 radical (unpaired) electrons. The van der Waals surface area contributed by atoms with Crippen LogP contribution in [-0.2, 0) is 6.18 Å². The lowest BCUT2D eigenvalue weighted by atomic mass is 10.0. The van der Waals surface area contributed by atoms with Gasteiger partial charge in [0.05, 0.1) is 11.6 Å². The fourth-order valence-corrected chi connectivity index (χ4v) is 2.55. The van der Waals surface area contributed by atoms with E-state index in [2.05, 4.69) is 15.3 Å². The van der Waals surface area contributed by atoms with Crippen molar-refractivity contribution in [3.8, 4) is 0 Å². The van der Waals surface area contributed by atoms with Crippen molar-refractivity contribution in [2.45, 2.75) is 37.9 Å². The van der Waals surface area contributed by atoms with Gasteiger partial charge in [0.2, 0.25) is 0 Å². The van der Waals surface area contributed by atoms with E-state index in [1.807, 2.05) is 0 Å². The fraction of sp³-hybridized carbons (Fsp3) is 0.353. The van der Waals surface area contributed by atoms with Crippen molar-refractivity contribution in [3.05, 3.63) is 63.1 Å². The van der Waals surface area contributed by atoms with Gasteiger partial charge in [-0.2, -0.15) is 13.2 Å². The molecule has 1 amide bonds. The van der Waals surface area contributed by atoms with E-state index in [1.165, 1.54) is 6.92 Å². The van der Waals surface area contributed by atoms with Gasteiger partial charge >= 0.3 is 6.18 Å². The number of rotatable bonds is 4. The molecule has 1 heterocycles. The number of nitrogens with zero attached hydrogens (tertiary/aromatic N) is 1. The first kappa shape index (κ1) is 18.1. The first-order valence-electron chi connectivity index (χ1n) is 7.94. The highest BCUT2D eigenvalue weighted by atomic mass is 19.4. The summed E-state index contributed by atoms with van der Waals surface area (Å²) in [6, 6.07) is 2.23. The second kappa shape index (κ2) is 6.54. The Bertz CT molecular complexity index is 904. The Labute approximate surface area is 145 Å². The largest absolute Gasteiger partial charge is 0.416 e. The average molecular weight is 369 g/mol. The van der Waals surface area contributed by atoms with Crippen molar-refractivity contribution in [3.63, 3.8) is 0 Å². The van der Waals surface area contributed by atoms with Crippen LogP contribution in [0.3, 0.4) is 0 Å². The molecule has 5 nitrogen and oxygen atoms in total. The third-order valence-electron chi connectivity index (χ3n) is 4.10. The topological polar surface area (TPSA) is 74.8 Å². The summed E-state index contributed by atoms with van der Waals surface area (Å²) < 4.78 is 51.8. The van der Waals surface area contributed by atoms with Crippen LogP contribution >= 0.6 is 0 Å². The number of hydrogen-bond acceptors (Lipinski definition) is 3. The van der Waals surface area contributed by atoms with Gasteiger partial charge in [0, 0.05) is 17.5 Å². The number of aromatic amines is 1. The van der Waals surface area contributed by atoms with Gasteiger partial charge in [-0.05, 0) is 31.9 Å². The van der Waals surface area contributed by atoms with Crippen LogP contribution in [0.5, 0.6) is 0 Å². The molecule has 1 aromatic heterocycles. The summed E-state index contributed by atoms with van der Waals surface area (Å²) in [6.07, 6.45) is -2.90. The molecule has 0 bridgehead atoms. The van der Waals surface area contributed by atoms with E-state index in [0.29, 0.717) is 11.9 Å². The van der Waals surface area contributed by atoms with E-state index in [0.717, 1.165) is 31.0 Å². The number of carbonyl (C=O) groups excluding carboxylic acids is 1. The van der Waals surface area contributed by atoms with Crippen LogP contribution in [0.4, 0.5) is 17.6 Å². The van der Waals surface area contributed by atoms with Gasteiger partial charge < -0.3 is 10.3 Å². The maximum atomic E-state index is 14.0. The third-order valence-corrected chi connectivity index (χ3v) is 4.10. The Kier molecular flexibility index (Phi) is 4.55. The number of alkyl halides is 3. The Morgan fingerprint density at radius 3 is 2.58 bits per heavy atom. The van der Waals surface area contributed by atoms with E-state index in [1.54, 1.807) is 0 Å². The number of hydrogen-bond donors (Lipinski definition) is 2.